The summed E-state index contributed by atoms with van der Waals surface area (Å²) in [6.45, 7) is 3.33. The van der Waals surface area contributed by atoms with E-state index in [0.717, 1.165) is 46.4 Å². The highest BCUT2D eigenvalue weighted by Gasteiger charge is 2.31. The number of para-hydroxylation sites is 1. The smallest absolute Gasteiger partial charge is 0.258 e. The standard InChI is InChI=1S/C22H24N4O/c1-4-11-26-13-18-19(22(26)27)20(23)17-10-6-9-16(21(17)24-18)14-7-5-8-15(12-14)25(2)3/h5-10,12H,4,11,13H2,1-3H3,(H2,23,24). The number of fused-ring (bicyclic) bond motifs is 2. The van der Waals surface area contributed by atoms with Gasteiger partial charge in [-0.05, 0) is 24.1 Å². The zero-order valence-electron chi connectivity index (χ0n) is 16.0. The number of aromatic nitrogens is 1. The average molecular weight is 360 g/mol. The number of amides is 1. The Morgan fingerprint density at radius 3 is 2.70 bits per heavy atom. The van der Waals surface area contributed by atoms with Gasteiger partial charge in [-0.2, -0.15) is 0 Å². The summed E-state index contributed by atoms with van der Waals surface area (Å²) in [4.78, 5) is 21.5. The van der Waals surface area contributed by atoms with Crippen LogP contribution in [0.25, 0.3) is 22.0 Å². The van der Waals surface area contributed by atoms with Gasteiger partial charge in [-0.3, -0.25) is 4.79 Å². The molecule has 1 aliphatic rings. The van der Waals surface area contributed by atoms with Crippen LogP contribution in [0.1, 0.15) is 29.4 Å². The maximum Gasteiger partial charge on any atom is 0.258 e. The molecule has 2 N–H and O–H groups in total. The molecule has 2 heterocycles. The molecule has 0 atom stereocenters. The van der Waals surface area contributed by atoms with Crippen molar-refractivity contribution in [3.05, 3.63) is 53.7 Å². The van der Waals surface area contributed by atoms with Crippen LogP contribution in [0.3, 0.4) is 0 Å². The molecule has 138 valence electrons. The number of rotatable bonds is 4. The predicted molar refractivity (Wildman–Crippen MR) is 111 cm³/mol. The number of hydrogen-bond donors (Lipinski definition) is 1. The molecule has 0 radical (unpaired) electrons. The lowest BCUT2D eigenvalue weighted by atomic mass is 9.98. The summed E-state index contributed by atoms with van der Waals surface area (Å²) in [5, 5.41) is 0.841. The van der Waals surface area contributed by atoms with Crippen molar-refractivity contribution >= 4 is 28.2 Å². The topological polar surface area (TPSA) is 62.5 Å². The zero-order valence-corrected chi connectivity index (χ0v) is 16.0. The van der Waals surface area contributed by atoms with Crippen LogP contribution in [0.5, 0.6) is 0 Å². The number of anilines is 2. The first-order valence-corrected chi connectivity index (χ1v) is 9.29. The van der Waals surface area contributed by atoms with Crippen LogP contribution in [-0.2, 0) is 6.54 Å². The third-order valence-electron chi connectivity index (χ3n) is 5.14. The second kappa shape index (κ2) is 6.58. The van der Waals surface area contributed by atoms with Crippen molar-refractivity contribution in [2.75, 3.05) is 31.3 Å². The third kappa shape index (κ3) is 2.79. The van der Waals surface area contributed by atoms with E-state index in [2.05, 4.69) is 36.1 Å². The molecule has 0 aliphatic carbocycles. The molecule has 0 bridgehead atoms. The van der Waals surface area contributed by atoms with Crippen molar-refractivity contribution < 1.29 is 4.79 Å². The number of nitrogen functional groups attached to an aromatic ring is 1. The molecule has 3 aromatic rings. The number of nitrogens with two attached hydrogens (primary N) is 1. The van der Waals surface area contributed by atoms with E-state index in [4.69, 9.17) is 10.7 Å². The van der Waals surface area contributed by atoms with E-state index in [0.29, 0.717) is 17.8 Å². The fraction of sp³-hybridized carbons (Fsp3) is 0.273. The van der Waals surface area contributed by atoms with Gasteiger partial charge in [-0.1, -0.05) is 37.3 Å². The van der Waals surface area contributed by atoms with Gasteiger partial charge in [-0.15, -0.1) is 0 Å². The largest absolute Gasteiger partial charge is 0.397 e. The highest BCUT2D eigenvalue weighted by atomic mass is 16.2. The van der Waals surface area contributed by atoms with Gasteiger partial charge in [0.15, 0.2) is 0 Å². The van der Waals surface area contributed by atoms with Gasteiger partial charge >= 0.3 is 0 Å². The Kier molecular flexibility index (Phi) is 4.22. The lowest BCUT2D eigenvalue weighted by Crippen LogP contribution is -2.24. The van der Waals surface area contributed by atoms with Gasteiger partial charge in [0, 0.05) is 37.3 Å². The number of hydrogen-bond acceptors (Lipinski definition) is 4. The summed E-state index contributed by atoms with van der Waals surface area (Å²) in [6.07, 6.45) is 0.918. The van der Waals surface area contributed by atoms with Crippen LogP contribution < -0.4 is 10.6 Å². The van der Waals surface area contributed by atoms with Crippen molar-refractivity contribution in [2.45, 2.75) is 19.9 Å². The van der Waals surface area contributed by atoms with Gasteiger partial charge in [0.2, 0.25) is 0 Å². The first-order valence-electron chi connectivity index (χ1n) is 9.29. The Labute approximate surface area is 159 Å². The van der Waals surface area contributed by atoms with Crippen LogP contribution in [0.15, 0.2) is 42.5 Å². The molecule has 0 saturated heterocycles. The van der Waals surface area contributed by atoms with Crippen molar-refractivity contribution in [3.63, 3.8) is 0 Å². The fourth-order valence-electron chi connectivity index (χ4n) is 3.76. The molecule has 1 amide bonds. The minimum Gasteiger partial charge on any atom is -0.397 e. The summed E-state index contributed by atoms with van der Waals surface area (Å²) in [7, 11) is 4.05. The Balaban J connectivity index is 1.91. The number of benzene rings is 2. The Hall–Kier alpha value is -3.08. The zero-order chi connectivity index (χ0) is 19.1. The lowest BCUT2D eigenvalue weighted by molar-refractivity contribution is 0.0779. The highest BCUT2D eigenvalue weighted by molar-refractivity contribution is 6.11. The van der Waals surface area contributed by atoms with E-state index in [1.165, 1.54) is 0 Å². The minimum absolute atomic E-state index is 0.00115. The molecule has 0 unspecified atom stereocenters. The van der Waals surface area contributed by atoms with E-state index in [1.807, 2.05) is 37.2 Å². The summed E-state index contributed by atoms with van der Waals surface area (Å²) >= 11 is 0. The highest BCUT2D eigenvalue weighted by Crippen LogP contribution is 2.37. The van der Waals surface area contributed by atoms with Crippen molar-refractivity contribution in [1.29, 1.82) is 0 Å². The quantitative estimate of drug-likeness (QED) is 0.766. The summed E-state index contributed by atoms with van der Waals surface area (Å²) in [5.74, 6) is -0.00115. The third-order valence-corrected chi connectivity index (χ3v) is 5.14. The van der Waals surface area contributed by atoms with E-state index < -0.39 is 0 Å². The van der Waals surface area contributed by atoms with E-state index in [1.54, 1.807) is 0 Å². The first-order chi connectivity index (χ1) is 13.0. The van der Waals surface area contributed by atoms with Crippen molar-refractivity contribution in [3.8, 4) is 11.1 Å². The molecule has 5 heteroatoms. The molecular formula is C22H24N4O. The van der Waals surface area contributed by atoms with E-state index >= 15 is 0 Å². The number of carbonyl (C=O) groups excluding carboxylic acids is 1. The molecule has 1 aromatic heterocycles. The second-order valence-electron chi connectivity index (χ2n) is 7.22. The van der Waals surface area contributed by atoms with Gasteiger partial charge in [0.05, 0.1) is 29.0 Å². The lowest BCUT2D eigenvalue weighted by Gasteiger charge is -2.15. The van der Waals surface area contributed by atoms with Crippen LogP contribution >= 0.6 is 0 Å². The van der Waals surface area contributed by atoms with Crippen molar-refractivity contribution in [2.24, 2.45) is 0 Å². The molecule has 2 aromatic carbocycles. The molecule has 0 spiro atoms. The number of nitrogens with zero attached hydrogens (tertiary/aromatic N) is 3. The number of carbonyl (C=O) groups is 1. The van der Waals surface area contributed by atoms with Gasteiger partial charge in [0.1, 0.15) is 0 Å². The Morgan fingerprint density at radius 1 is 1.19 bits per heavy atom. The number of pyridine rings is 1. The van der Waals surface area contributed by atoms with Gasteiger partial charge < -0.3 is 15.5 Å². The minimum atomic E-state index is -0.00115. The molecular weight excluding hydrogens is 336 g/mol. The first kappa shape index (κ1) is 17.3. The molecule has 0 fully saturated rings. The molecule has 5 nitrogen and oxygen atoms in total. The van der Waals surface area contributed by atoms with Crippen molar-refractivity contribution in [1.82, 2.24) is 9.88 Å². The predicted octanol–water partition coefficient (Wildman–Crippen LogP) is 3.92. The van der Waals surface area contributed by atoms with Gasteiger partial charge in [-0.25, -0.2) is 4.98 Å². The molecule has 4 rings (SSSR count). The Morgan fingerprint density at radius 2 is 1.96 bits per heavy atom. The Bertz CT molecular complexity index is 1040. The molecule has 0 saturated carbocycles. The molecule has 27 heavy (non-hydrogen) atoms. The van der Waals surface area contributed by atoms with Crippen LogP contribution in [0.2, 0.25) is 0 Å². The summed E-state index contributed by atoms with van der Waals surface area (Å²) < 4.78 is 0. The van der Waals surface area contributed by atoms with Gasteiger partial charge in [0.25, 0.3) is 5.91 Å². The normalized spacial score (nSPS) is 13.3. The summed E-state index contributed by atoms with van der Waals surface area (Å²) in [6, 6.07) is 14.4. The maximum absolute atomic E-state index is 12.7. The van der Waals surface area contributed by atoms with Crippen LogP contribution in [-0.4, -0.2) is 36.4 Å². The maximum atomic E-state index is 12.7. The SMILES string of the molecule is CCCN1Cc2nc3c(-c4cccc(N(C)C)c4)cccc3c(N)c2C1=O. The van der Waals surface area contributed by atoms with Crippen LogP contribution in [0.4, 0.5) is 11.4 Å². The second-order valence-corrected chi connectivity index (χ2v) is 7.22. The fourth-order valence-corrected chi connectivity index (χ4v) is 3.76. The van der Waals surface area contributed by atoms with Crippen LogP contribution in [0, 0.1) is 0 Å². The van der Waals surface area contributed by atoms with E-state index in [-0.39, 0.29) is 5.91 Å². The average Bonchev–Trinajstić information content (AvgIpc) is 2.98. The summed E-state index contributed by atoms with van der Waals surface area (Å²) in [5.41, 5.74) is 12.5. The van der Waals surface area contributed by atoms with E-state index in [9.17, 15) is 4.79 Å². The molecule has 1 aliphatic heterocycles. The monoisotopic (exact) mass is 360 g/mol.